The van der Waals surface area contributed by atoms with E-state index in [9.17, 15) is 0 Å². The normalized spacial score (nSPS) is 10.0. The van der Waals surface area contributed by atoms with Crippen molar-refractivity contribution in [3.63, 3.8) is 0 Å². The van der Waals surface area contributed by atoms with E-state index in [1.165, 1.54) is 0 Å². The molecule has 1 radical (unpaired) electrons. The predicted octanol–water partition coefficient (Wildman–Crippen LogP) is 2.82. The summed E-state index contributed by atoms with van der Waals surface area (Å²) >= 11 is 0. The van der Waals surface area contributed by atoms with Gasteiger partial charge in [0.2, 0.25) is 0 Å². The van der Waals surface area contributed by atoms with Gasteiger partial charge in [-0.3, -0.25) is 0 Å². The largest absolute Gasteiger partial charge is 0.493 e. The molecule has 14 heavy (non-hydrogen) atoms. The second-order valence-corrected chi connectivity index (χ2v) is 3.21. The molecule has 2 nitrogen and oxygen atoms in total. The van der Waals surface area contributed by atoms with Gasteiger partial charge in [0.05, 0.1) is 13.2 Å². The van der Waals surface area contributed by atoms with Crippen LogP contribution in [-0.2, 0) is 0 Å². The number of rotatable bonds is 4. The van der Waals surface area contributed by atoms with Gasteiger partial charge in [0, 0.05) is 0 Å². The summed E-state index contributed by atoms with van der Waals surface area (Å²) in [4.78, 5) is 0. The topological polar surface area (TPSA) is 18.5 Å². The van der Waals surface area contributed by atoms with Crippen molar-refractivity contribution >= 4 is 0 Å². The van der Waals surface area contributed by atoms with Gasteiger partial charge in [-0.15, -0.1) is 0 Å². The summed E-state index contributed by atoms with van der Waals surface area (Å²) in [5, 5.41) is 0. The summed E-state index contributed by atoms with van der Waals surface area (Å²) in [7, 11) is 1.62. The first kappa shape index (κ1) is 10.6. The first-order valence-corrected chi connectivity index (χ1v) is 4.55. The van der Waals surface area contributed by atoms with Crippen molar-refractivity contribution in [2.45, 2.75) is 20.0 Å². The Morgan fingerprint density at radius 2 is 2.00 bits per heavy atom. The van der Waals surface area contributed by atoms with Crippen molar-refractivity contribution in [1.82, 2.24) is 0 Å². The van der Waals surface area contributed by atoms with Crippen molar-refractivity contribution in [2.75, 3.05) is 7.11 Å². The molecule has 0 saturated carbocycles. The highest BCUT2D eigenvalue weighted by Gasteiger charge is 2.05. The van der Waals surface area contributed by atoms with Gasteiger partial charge in [0.15, 0.2) is 11.5 Å². The minimum absolute atomic E-state index is 0.141. The molecule has 0 heterocycles. The summed E-state index contributed by atoms with van der Waals surface area (Å²) in [6.07, 6.45) is 2.94. The molecule has 0 unspecified atom stereocenters. The maximum absolute atomic E-state index is 5.56. The van der Waals surface area contributed by atoms with Crippen LogP contribution < -0.4 is 9.47 Å². The first-order chi connectivity index (χ1) is 6.67. The molecule has 0 aliphatic rings. The maximum atomic E-state index is 5.56. The Balaban J connectivity index is 2.98. The highest BCUT2D eigenvalue weighted by atomic mass is 16.5. The van der Waals surface area contributed by atoms with Crippen LogP contribution in [-0.4, -0.2) is 13.2 Å². The van der Waals surface area contributed by atoms with Gasteiger partial charge in [0.25, 0.3) is 0 Å². The van der Waals surface area contributed by atoms with Gasteiger partial charge >= 0.3 is 0 Å². The summed E-state index contributed by atoms with van der Waals surface area (Å²) in [6, 6.07) is 5.62. The van der Waals surface area contributed by atoms with Crippen LogP contribution in [0.25, 0.3) is 0 Å². The molecule has 0 atom stereocenters. The predicted molar refractivity (Wildman–Crippen MR) is 56.7 cm³/mol. The van der Waals surface area contributed by atoms with E-state index in [4.69, 9.17) is 9.47 Å². The number of ether oxygens (including phenoxy) is 2. The maximum Gasteiger partial charge on any atom is 0.161 e. The average Bonchev–Trinajstić information content (AvgIpc) is 2.17. The molecule has 2 heteroatoms. The number of hydrogen-bond donors (Lipinski definition) is 0. The Morgan fingerprint density at radius 1 is 1.29 bits per heavy atom. The smallest absolute Gasteiger partial charge is 0.161 e. The Hall–Kier alpha value is -1.44. The monoisotopic (exact) mass is 191 g/mol. The Morgan fingerprint density at radius 3 is 2.50 bits per heavy atom. The molecule has 0 amide bonds. The van der Waals surface area contributed by atoms with E-state index in [0.717, 1.165) is 11.3 Å². The third-order valence-corrected chi connectivity index (χ3v) is 1.73. The van der Waals surface area contributed by atoms with E-state index in [1.807, 2.05) is 32.0 Å². The lowest BCUT2D eigenvalue weighted by Crippen LogP contribution is -2.06. The lowest BCUT2D eigenvalue weighted by molar-refractivity contribution is 0.230. The van der Waals surface area contributed by atoms with Gasteiger partial charge in [0.1, 0.15) is 0 Å². The van der Waals surface area contributed by atoms with Crippen LogP contribution in [0.15, 0.2) is 24.8 Å². The Labute approximate surface area is 85.2 Å². The molecule has 0 N–H and O–H groups in total. The van der Waals surface area contributed by atoms with Crippen molar-refractivity contribution < 1.29 is 9.47 Å². The third kappa shape index (κ3) is 2.52. The minimum atomic E-state index is 0.141. The number of methoxy groups -OCH3 is 1. The van der Waals surface area contributed by atoms with Crippen LogP contribution >= 0.6 is 0 Å². The average molecular weight is 191 g/mol. The lowest BCUT2D eigenvalue weighted by atomic mass is 10.2. The molecule has 75 valence electrons. The molecule has 0 fully saturated rings. The van der Waals surface area contributed by atoms with Gasteiger partial charge in [-0.25, -0.2) is 0 Å². The Bertz CT molecular complexity index is 316. The number of benzene rings is 1. The zero-order valence-electron chi connectivity index (χ0n) is 8.83. The van der Waals surface area contributed by atoms with Crippen molar-refractivity contribution in [3.05, 3.63) is 36.4 Å². The van der Waals surface area contributed by atoms with Gasteiger partial charge in [-0.2, -0.15) is 0 Å². The van der Waals surface area contributed by atoms with E-state index in [2.05, 4.69) is 12.7 Å². The zero-order chi connectivity index (χ0) is 10.6. The summed E-state index contributed by atoms with van der Waals surface area (Å²) in [5.41, 5.74) is 0.901. The fourth-order valence-corrected chi connectivity index (χ4v) is 1.13. The van der Waals surface area contributed by atoms with Crippen LogP contribution in [0.4, 0.5) is 0 Å². The third-order valence-electron chi connectivity index (χ3n) is 1.73. The number of hydrogen-bond acceptors (Lipinski definition) is 2. The zero-order valence-corrected chi connectivity index (χ0v) is 8.83. The van der Waals surface area contributed by atoms with E-state index in [-0.39, 0.29) is 6.10 Å². The fourth-order valence-electron chi connectivity index (χ4n) is 1.13. The van der Waals surface area contributed by atoms with Crippen LogP contribution in [0.1, 0.15) is 19.4 Å². The van der Waals surface area contributed by atoms with Crippen LogP contribution in [0.5, 0.6) is 11.5 Å². The van der Waals surface area contributed by atoms with Crippen molar-refractivity contribution in [2.24, 2.45) is 0 Å². The standard InChI is InChI=1S/C12H15O2/c1-5-10-6-7-11(14-9(2)3)12(8-10)13-4/h6-9H,1H2,2-4H3. The highest BCUT2D eigenvalue weighted by molar-refractivity contribution is 5.44. The summed E-state index contributed by atoms with van der Waals surface area (Å²) < 4.78 is 10.8. The molecule has 1 rings (SSSR count). The summed E-state index contributed by atoms with van der Waals surface area (Å²) in [6.45, 7) is 7.53. The van der Waals surface area contributed by atoms with Crippen molar-refractivity contribution in [3.8, 4) is 11.5 Å². The van der Waals surface area contributed by atoms with E-state index < -0.39 is 0 Å². The minimum Gasteiger partial charge on any atom is -0.493 e. The highest BCUT2D eigenvalue weighted by Crippen LogP contribution is 2.28. The molecule has 1 aromatic carbocycles. The second kappa shape index (κ2) is 4.70. The first-order valence-electron chi connectivity index (χ1n) is 4.55. The Kier molecular flexibility index (Phi) is 3.57. The molecule has 0 spiro atoms. The molecule has 0 saturated heterocycles. The van der Waals surface area contributed by atoms with Crippen LogP contribution in [0.2, 0.25) is 0 Å². The van der Waals surface area contributed by atoms with E-state index in [1.54, 1.807) is 7.11 Å². The molecular formula is C12H15O2. The molecule has 0 aromatic heterocycles. The quantitative estimate of drug-likeness (QED) is 0.728. The van der Waals surface area contributed by atoms with Gasteiger partial charge in [-0.05, 0) is 37.6 Å². The van der Waals surface area contributed by atoms with Crippen molar-refractivity contribution in [1.29, 1.82) is 0 Å². The molecule has 1 aromatic rings. The second-order valence-electron chi connectivity index (χ2n) is 3.21. The van der Waals surface area contributed by atoms with Gasteiger partial charge < -0.3 is 9.47 Å². The molecular weight excluding hydrogens is 176 g/mol. The SMILES string of the molecule is C=[C]c1ccc(OC(C)C)c(OC)c1. The van der Waals surface area contributed by atoms with E-state index >= 15 is 0 Å². The van der Waals surface area contributed by atoms with Crippen LogP contribution in [0, 0.1) is 6.08 Å². The van der Waals surface area contributed by atoms with Gasteiger partial charge in [-0.1, -0.05) is 12.6 Å². The molecule has 0 aliphatic carbocycles. The fraction of sp³-hybridized carbons (Fsp3) is 0.333. The molecule has 0 bridgehead atoms. The van der Waals surface area contributed by atoms with Crippen LogP contribution in [0.3, 0.4) is 0 Å². The van der Waals surface area contributed by atoms with E-state index in [0.29, 0.717) is 5.75 Å². The lowest BCUT2D eigenvalue weighted by Gasteiger charge is -2.13. The summed E-state index contributed by atoms with van der Waals surface area (Å²) in [5.74, 6) is 1.47. The molecule has 0 aliphatic heterocycles.